The van der Waals surface area contributed by atoms with Gasteiger partial charge in [0.15, 0.2) is 0 Å². The molecular formula is C14H12AsNO2. The molecule has 0 unspecified atom stereocenters. The topological polar surface area (TPSA) is 46.2 Å². The second-order valence-electron chi connectivity index (χ2n) is 3.96. The Balaban J connectivity index is 2.13. The number of anilines is 1. The molecule has 1 N–H and O–H groups in total. The third-order valence-corrected chi connectivity index (χ3v) is 3.58. The third-order valence-electron chi connectivity index (χ3n) is 2.51. The van der Waals surface area contributed by atoms with Crippen LogP contribution in [0.25, 0.3) is 0 Å². The number of nitrogens with one attached hydrogen (secondary N) is 1. The van der Waals surface area contributed by atoms with E-state index in [4.69, 9.17) is 0 Å². The van der Waals surface area contributed by atoms with Gasteiger partial charge in [-0.05, 0) is 0 Å². The van der Waals surface area contributed by atoms with Crippen molar-refractivity contribution >= 4 is 31.6 Å². The van der Waals surface area contributed by atoms with Gasteiger partial charge in [0, 0.05) is 0 Å². The Hall–Kier alpha value is -1.73. The van der Waals surface area contributed by atoms with Gasteiger partial charge in [0.05, 0.1) is 0 Å². The summed E-state index contributed by atoms with van der Waals surface area (Å²) < 4.78 is 11.5. The minimum absolute atomic E-state index is 0.137. The molecule has 0 spiro atoms. The first-order valence-electron chi connectivity index (χ1n) is 5.50. The number of rotatable bonds is 3. The molecule has 0 aliphatic rings. The van der Waals surface area contributed by atoms with Gasteiger partial charge in [-0.1, -0.05) is 0 Å². The Kier molecular flexibility index (Phi) is 4.06. The van der Waals surface area contributed by atoms with Crippen LogP contribution in [0.2, 0.25) is 0 Å². The van der Waals surface area contributed by atoms with Gasteiger partial charge in [-0.15, -0.1) is 0 Å². The molecule has 0 aromatic heterocycles. The Labute approximate surface area is 112 Å². The van der Waals surface area contributed by atoms with E-state index in [9.17, 15) is 8.53 Å². The second-order valence-corrected chi connectivity index (χ2v) is 5.43. The number of hydrogen-bond donors (Lipinski definition) is 1. The Morgan fingerprint density at radius 1 is 1.11 bits per heavy atom. The average Bonchev–Trinajstić information content (AvgIpc) is 2.39. The molecule has 0 radical (unpaired) electrons. The van der Waals surface area contributed by atoms with E-state index in [0.717, 1.165) is 9.91 Å². The van der Waals surface area contributed by atoms with Crippen molar-refractivity contribution < 1.29 is 8.53 Å². The van der Waals surface area contributed by atoms with E-state index in [1.54, 1.807) is 30.3 Å². The van der Waals surface area contributed by atoms with E-state index >= 15 is 0 Å². The van der Waals surface area contributed by atoms with Crippen LogP contribution in [0.4, 0.5) is 5.69 Å². The molecule has 2 rings (SSSR count). The fourth-order valence-electron chi connectivity index (χ4n) is 1.60. The van der Waals surface area contributed by atoms with Crippen molar-refractivity contribution in [1.29, 1.82) is 0 Å². The zero-order valence-corrected chi connectivity index (χ0v) is 11.8. The Bertz CT molecular complexity index is 579. The van der Waals surface area contributed by atoms with E-state index in [-0.39, 0.29) is 5.91 Å². The van der Waals surface area contributed by atoms with E-state index in [2.05, 4.69) is 5.32 Å². The van der Waals surface area contributed by atoms with Crippen LogP contribution in [-0.2, 0) is 3.74 Å². The molecule has 4 heteroatoms. The summed E-state index contributed by atoms with van der Waals surface area (Å²) in [4.78, 5) is 12.0. The van der Waals surface area contributed by atoms with Gasteiger partial charge in [-0.25, -0.2) is 0 Å². The third kappa shape index (κ3) is 3.14. The summed E-state index contributed by atoms with van der Waals surface area (Å²) in [7, 11) is 0. The normalized spacial score (nSPS) is 10.3. The van der Waals surface area contributed by atoms with E-state index < -0.39 is 15.7 Å². The molecule has 2 aromatic rings. The van der Waals surface area contributed by atoms with Gasteiger partial charge in [0.1, 0.15) is 0 Å². The maximum atomic E-state index is 12.0. The van der Waals surface area contributed by atoms with Crippen LogP contribution in [0.5, 0.6) is 0 Å². The molecular weight excluding hydrogens is 289 g/mol. The molecule has 0 saturated heterocycles. The van der Waals surface area contributed by atoms with Crippen molar-refractivity contribution in [2.45, 2.75) is 6.92 Å². The minimum atomic E-state index is -1.00. The van der Waals surface area contributed by atoms with Crippen LogP contribution >= 0.6 is 0 Å². The Morgan fingerprint density at radius 3 is 2.44 bits per heavy atom. The molecule has 18 heavy (non-hydrogen) atoms. The number of amides is 1. The van der Waals surface area contributed by atoms with Crippen LogP contribution in [-0.4, -0.2) is 21.6 Å². The summed E-state index contributed by atoms with van der Waals surface area (Å²) in [6.07, 6.45) is 0. The Morgan fingerprint density at radius 2 is 1.83 bits per heavy atom. The molecule has 0 atom stereocenters. The molecule has 3 nitrogen and oxygen atoms in total. The molecule has 90 valence electrons. The van der Waals surface area contributed by atoms with Crippen LogP contribution in [0, 0.1) is 6.92 Å². The first-order valence-corrected chi connectivity index (χ1v) is 7.21. The number of benzene rings is 2. The van der Waals surface area contributed by atoms with Gasteiger partial charge in [0.25, 0.3) is 0 Å². The van der Waals surface area contributed by atoms with Gasteiger partial charge in [-0.3, -0.25) is 0 Å². The number of carbonyl (C=O) groups is 1. The molecule has 0 heterocycles. The first-order chi connectivity index (χ1) is 8.69. The summed E-state index contributed by atoms with van der Waals surface area (Å²) in [6.45, 7) is 1.95. The monoisotopic (exact) mass is 301 g/mol. The van der Waals surface area contributed by atoms with Crippen LogP contribution < -0.4 is 9.67 Å². The fourth-order valence-corrected chi connectivity index (χ4v) is 2.16. The van der Waals surface area contributed by atoms with Gasteiger partial charge >= 0.3 is 112 Å². The van der Waals surface area contributed by atoms with Crippen LogP contribution in [0.3, 0.4) is 0 Å². The standard InChI is InChI=1S/C14H12AsNO2/c1-10-3-2-4-11(9-10)14(17)16-13-7-5-12(15-18)6-8-13/h2-9H,1H3,(H,16,17). The van der Waals surface area contributed by atoms with Crippen molar-refractivity contribution in [3.63, 3.8) is 0 Å². The van der Waals surface area contributed by atoms with Gasteiger partial charge in [-0.2, -0.15) is 0 Å². The zero-order valence-electron chi connectivity index (χ0n) is 9.88. The van der Waals surface area contributed by atoms with Crippen molar-refractivity contribution in [3.05, 3.63) is 59.7 Å². The zero-order chi connectivity index (χ0) is 13.0. The number of aryl methyl sites for hydroxylation is 1. The van der Waals surface area contributed by atoms with Crippen LogP contribution in [0.1, 0.15) is 15.9 Å². The van der Waals surface area contributed by atoms with Crippen LogP contribution in [0.15, 0.2) is 48.5 Å². The molecule has 0 bridgehead atoms. The fraction of sp³-hybridized carbons (Fsp3) is 0.0714. The number of carbonyl (C=O) groups excluding carboxylic acids is 1. The van der Waals surface area contributed by atoms with Gasteiger partial charge in [0.2, 0.25) is 0 Å². The summed E-state index contributed by atoms with van der Waals surface area (Å²) in [5.74, 6) is -0.137. The van der Waals surface area contributed by atoms with Crippen molar-refractivity contribution in [3.8, 4) is 0 Å². The number of hydrogen-bond acceptors (Lipinski definition) is 2. The molecule has 1 amide bonds. The van der Waals surface area contributed by atoms with E-state index in [1.807, 2.05) is 25.1 Å². The first kappa shape index (κ1) is 12.7. The molecule has 0 aliphatic carbocycles. The molecule has 2 aromatic carbocycles. The predicted octanol–water partition coefficient (Wildman–Crippen LogP) is 1.92. The second kappa shape index (κ2) is 5.74. The van der Waals surface area contributed by atoms with Crippen molar-refractivity contribution in [2.75, 3.05) is 5.32 Å². The van der Waals surface area contributed by atoms with E-state index in [0.29, 0.717) is 11.3 Å². The average molecular weight is 301 g/mol. The van der Waals surface area contributed by atoms with Gasteiger partial charge < -0.3 is 0 Å². The SMILES string of the molecule is Cc1cccc(C(=O)Nc2ccc([As]=O)cc2)c1. The quantitative estimate of drug-likeness (QED) is 0.881. The molecule has 0 saturated carbocycles. The van der Waals surface area contributed by atoms with E-state index in [1.165, 1.54) is 0 Å². The summed E-state index contributed by atoms with van der Waals surface area (Å²) in [5, 5.41) is 2.81. The molecule has 0 aliphatic heterocycles. The molecule has 0 fully saturated rings. The van der Waals surface area contributed by atoms with Crippen molar-refractivity contribution in [2.24, 2.45) is 0 Å². The summed E-state index contributed by atoms with van der Waals surface area (Å²) >= 11 is -1.00. The van der Waals surface area contributed by atoms with Crippen molar-refractivity contribution in [1.82, 2.24) is 0 Å². The summed E-state index contributed by atoms with van der Waals surface area (Å²) in [5.41, 5.74) is 2.39. The maximum absolute atomic E-state index is 12.0. The summed E-state index contributed by atoms with van der Waals surface area (Å²) in [6, 6.07) is 14.5. The predicted molar refractivity (Wildman–Crippen MR) is 71.6 cm³/mol.